The summed E-state index contributed by atoms with van der Waals surface area (Å²) in [4.78, 5) is 4.28. The van der Waals surface area contributed by atoms with Gasteiger partial charge in [-0.2, -0.15) is 0 Å². The molecule has 0 aliphatic heterocycles. The quantitative estimate of drug-likeness (QED) is 0.849. The summed E-state index contributed by atoms with van der Waals surface area (Å²) in [5.74, 6) is 0.911. The van der Waals surface area contributed by atoms with Crippen LogP contribution in [0.3, 0.4) is 0 Å². The van der Waals surface area contributed by atoms with E-state index in [0.29, 0.717) is 5.75 Å². The summed E-state index contributed by atoms with van der Waals surface area (Å²) in [6.07, 6.45) is 2.66. The predicted molar refractivity (Wildman–Crippen MR) is 79.0 cm³/mol. The molecule has 0 saturated heterocycles. The highest BCUT2D eigenvalue weighted by molar-refractivity contribution is 5.41. The number of benzene rings is 1. The standard InChI is InChI=1S/C16H20N2O2/c1-12(15-7-6-14(20-2)11-16(15)19)17-10-8-13-5-3-4-9-18-13/h3-7,9,11-12,17,19H,8,10H2,1-2H3. The van der Waals surface area contributed by atoms with E-state index < -0.39 is 0 Å². The second kappa shape index (κ2) is 6.91. The molecular formula is C16H20N2O2. The molecule has 4 heteroatoms. The fourth-order valence-corrected chi connectivity index (χ4v) is 2.09. The van der Waals surface area contributed by atoms with Crippen LogP contribution in [0, 0.1) is 0 Å². The summed E-state index contributed by atoms with van der Waals surface area (Å²) in [5, 5.41) is 13.4. The van der Waals surface area contributed by atoms with Crippen molar-refractivity contribution >= 4 is 0 Å². The third-order valence-electron chi connectivity index (χ3n) is 3.26. The van der Waals surface area contributed by atoms with Crippen molar-refractivity contribution in [3.8, 4) is 11.5 Å². The third-order valence-corrected chi connectivity index (χ3v) is 3.26. The monoisotopic (exact) mass is 272 g/mol. The number of phenolic OH excluding ortho intramolecular Hbond substituents is 1. The predicted octanol–water partition coefficient (Wildman–Crippen LogP) is 2.69. The van der Waals surface area contributed by atoms with Gasteiger partial charge in [0.2, 0.25) is 0 Å². The molecule has 2 aromatic rings. The molecule has 0 saturated carbocycles. The van der Waals surface area contributed by atoms with Gasteiger partial charge in [-0.15, -0.1) is 0 Å². The Balaban J connectivity index is 1.90. The topological polar surface area (TPSA) is 54.4 Å². The lowest BCUT2D eigenvalue weighted by Gasteiger charge is -2.16. The molecule has 106 valence electrons. The van der Waals surface area contributed by atoms with Crippen molar-refractivity contribution in [1.29, 1.82) is 0 Å². The first-order valence-electron chi connectivity index (χ1n) is 6.71. The Hall–Kier alpha value is -2.07. The van der Waals surface area contributed by atoms with Crippen molar-refractivity contribution in [2.75, 3.05) is 13.7 Å². The zero-order valence-electron chi connectivity index (χ0n) is 11.8. The number of hydrogen-bond acceptors (Lipinski definition) is 4. The Labute approximate surface area is 119 Å². The zero-order chi connectivity index (χ0) is 14.4. The number of methoxy groups -OCH3 is 1. The first kappa shape index (κ1) is 14.3. The molecule has 1 aromatic carbocycles. The highest BCUT2D eigenvalue weighted by Crippen LogP contribution is 2.28. The van der Waals surface area contributed by atoms with E-state index in [1.807, 2.05) is 37.3 Å². The number of rotatable bonds is 6. The van der Waals surface area contributed by atoms with E-state index in [1.54, 1.807) is 19.4 Å². The second-order valence-electron chi connectivity index (χ2n) is 4.67. The average Bonchev–Trinajstić information content (AvgIpc) is 2.48. The van der Waals surface area contributed by atoms with Crippen LogP contribution in [0.1, 0.15) is 24.2 Å². The van der Waals surface area contributed by atoms with Crippen LogP contribution in [-0.2, 0) is 6.42 Å². The summed E-state index contributed by atoms with van der Waals surface area (Å²) in [7, 11) is 1.59. The van der Waals surface area contributed by atoms with Crippen LogP contribution in [0.15, 0.2) is 42.6 Å². The molecule has 1 unspecified atom stereocenters. The van der Waals surface area contributed by atoms with Crippen LogP contribution in [0.2, 0.25) is 0 Å². The molecule has 2 rings (SSSR count). The number of nitrogens with one attached hydrogen (secondary N) is 1. The summed E-state index contributed by atoms with van der Waals surface area (Å²) >= 11 is 0. The maximum atomic E-state index is 9.98. The number of aromatic nitrogens is 1. The smallest absolute Gasteiger partial charge is 0.124 e. The van der Waals surface area contributed by atoms with Crippen molar-refractivity contribution in [1.82, 2.24) is 10.3 Å². The zero-order valence-corrected chi connectivity index (χ0v) is 11.8. The minimum absolute atomic E-state index is 0.0737. The largest absolute Gasteiger partial charge is 0.507 e. The third kappa shape index (κ3) is 3.71. The fraction of sp³-hybridized carbons (Fsp3) is 0.312. The fourth-order valence-electron chi connectivity index (χ4n) is 2.09. The number of pyridine rings is 1. The molecule has 20 heavy (non-hydrogen) atoms. The lowest BCUT2D eigenvalue weighted by molar-refractivity contribution is 0.404. The van der Waals surface area contributed by atoms with Gasteiger partial charge in [0, 0.05) is 42.5 Å². The molecule has 0 spiro atoms. The number of hydrogen-bond donors (Lipinski definition) is 2. The minimum atomic E-state index is 0.0737. The highest BCUT2D eigenvalue weighted by atomic mass is 16.5. The van der Waals surface area contributed by atoms with E-state index in [0.717, 1.165) is 24.2 Å². The van der Waals surface area contributed by atoms with Crippen LogP contribution in [-0.4, -0.2) is 23.7 Å². The Kier molecular flexibility index (Phi) is 4.96. The molecule has 0 aliphatic carbocycles. The van der Waals surface area contributed by atoms with Gasteiger partial charge in [-0.05, 0) is 25.1 Å². The first-order valence-corrected chi connectivity index (χ1v) is 6.71. The van der Waals surface area contributed by atoms with Crippen LogP contribution >= 0.6 is 0 Å². The Morgan fingerprint density at radius 1 is 1.30 bits per heavy atom. The molecule has 1 atom stereocenters. The van der Waals surface area contributed by atoms with Gasteiger partial charge in [0.05, 0.1) is 7.11 Å². The van der Waals surface area contributed by atoms with Gasteiger partial charge in [0.1, 0.15) is 11.5 Å². The molecule has 2 N–H and O–H groups in total. The minimum Gasteiger partial charge on any atom is -0.507 e. The van der Waals surface area contributed by atoms with Gasteiger partial charge in [0.25, 0.3) is 0 Å². The van der Waals surface area contributed by atoms with Gasteiger partial charge >= 0.3 is 0 Å². The Morgan fingerprint density at radius 3 is 2.80 bits per heavy atom. The molecule has 0 aliphatic rings. The van der Waals surface area contributed by atoms with Gasteiger partial charge in [0.15, 0.2) is 0 Å². The molecule has 1 heterocycles. The molecule has 4 nitrogen and oxygen atoms in total. The maximum Gasteiger partial charge on any atom is 0.124 e. The van der Waals surface area contributed by atoms with Gasteiger partial charge < -0.3 is 15.2 Å². The number of nitrogens with zero attached hydrogens (tertiary/aromatic N) is 1. The van der Waals surface area contributed by atoms with Gasteiger partial charge in [-0.3, -0.25) is 4.98 Å². The van der Waals surface area contributed by atoms with Crippen molar-refractivity contribution < 1.29 is 9.84 Å². The molecule has 0 bridgehead atoms. The van der Waals surface area contributed by atoms with Crippen LogP contribution in [0.25, 0.3) is 0 Å². The van der Waals surface area contributed by atoms with E-state index in [-0.39, 0.29) is 11.8 Å². The molecule has 0 fully saturated rings. The average molecular weight is 272 g/mol. The molecule has 0 amide bonds. The van der Waals surface area contributed by atoms with Gasteiger partial charge in [-0.25, -0.2) is 0 Å². The summed E-state index contributed by atoms with van der Waals surface area (Å²) in [6, 6.07) is 11.3. The van der Waals surface area contributed by atoms with Crippen molar-refractivity contribution in [3.63, 3.8) is 0 Å². The lowest BCUT2D eigenvalue weighted by Crippen LogP contribution is -2.21. The van der Waals surface area contributed by atoms with E-state index in [2.05, 4.69) is 10.3 Å². The van der Waals surface area contributed by atoms with Gasteiger partial charge in [-0.1, -0.05) is 12.1 Å². The molecule has 1 aromatic heterocycles. The molecular weight excluding hydrogens is 252 g/mol. The van der Waals surface area contributed by atoms with E-state index in [4.69, 9.17) is 4.74 Å². The van der Waals surface area contributed by atoms with Crippen LogP contribution in [0.4, 0.5) is 0 Å². The maximum absolute atomic E-state index is 9.98. The highest BCUT2D eigenvalue weighted by Gasteiger charge is 2.10. The number of aromatic hydroxyl groups is 1. The van der Waals surface area contributed by atoms with E-state index in [1.165, 1.54) is 0 Å². The van der Waals surface area contributed by atoms with Crippen LogP contribution in [0.5, 0.6) is 11.5 Å². The second-order valence-corrected chi connectivity index (χ2v) is 4.67. The first-order chi connectivity index (χ1) is 9.70. The van der Waals surface area contributed by atoms with Crippen LogP contribution < -0.4 is 10.1 Å². The Bertz CT molecular complexity index is 543. The van der Waals surface area contributed by atoms with E-state index >= 15 is 0 Å². The number of ether oxygens (including phenoxy) is 1. The lowest BCUT2D eigenvalue weighted by atomic mass is 10.1. The van der Waals surface area contributed by atoms with Crippen molar-refractivity contribution in [3.05, 3.63) is 53.9 Å². The Morgan fingerprint density at radius 2 is 2.15 bits per heavy atom. The van der Waals surface area contributed by atoms with Crippen molar-refractivity contribution in [2.45, 2.75) is 19.4 Å². The van der Waals surface area contributed by atoms with E-state index in [9.17, 15) is 5.11 Å². The summed E-state index contributed by atoms with van der Waals surface area (Å²) in [6.45, 7) is 2.84. The number of phenols is 1. The summed E-state index contributed by atoms with van der Waals surface area (Å²) in [5.41, 5.74) is 1.93. The normalized spacial score (nSPS) is 12.1. The summed E-state index contributed by atoms with van der Waals surface area (Å²) < 4.78 is 5.08. The SMILES string of the molecule is COc1ccc(C(C)NCCc2ccccn2)c(O)c1. The molecule has 0 radical (unpaired) electrons. The van der Waals surface area contributed by atoms with Crippen molar-refractivity contribution in [2.24, 2.45) is 0 Å².